The summed E-state index contributed by atoms with van der Waals surface area (Å²) < 4.78 is 12.5. The van der Waals surface area contributed by atoms with Gasteiger partial charge in [0.1, 0.15) is 12.7 Å². The molecule has 8 heteroatoms. The van der Waals surface area contributed by atoms with Crippen LogP contribution in [0.25, 0.3) is 0 Å². The van der Waals surface area contributed by atoms with Crippen molar-refractivity contribution in [1.82, 2.24) is 15.2 Å². The van der Waals surface area contributed by atoms with Crippen LogP contribution in [0.1, 0.15) is 58.4 Å². The zero-order valence-corrected chi connectivity index (χ0v) is 21.3. The zero-order valence-electron chi connectivity index (χ0n) is 20.6. The number of aromatic nitrogens is 1. The summed E-state index contributed by atoms with van der Waals surface area (Å²) in [6.45, 7) is 6.14. The molecule has 34 heavy (non-hydrogen) atoms. The molecule has 4 rings (SSSR count). The highest BCUT2D eigenvalue weighted by Crippen LogP contribution is 2.45. The third-order valence-corrected chi connectivity index (χ3v) is 7.54. The molecule has 0 bridgehead atoms. The molecule has 0 radical (unpaired) electrons. The van der Waals surface area contributed by atoms with Gasteiger partial charge in [0, 0.05) is 35.0 Å². The average Bonchev–Trinajstić information content (AvgIpc) is 2.80. The van der Waals surface area contributed by atoms with Gasteiger partial charge >= 0.3 is 0 Å². The lowest BCUT2D eigenvalue weighted by molar-refractivity contribution is 0.0239. The summed E-state index contributed by atoms with van der Waals surface area (Å²) in [5.41, 5.74) is 3.08. The number of halogens is 1. The first kappa shape index (κ1) is 24.6. The number of aromatic amines is 1. The highest BCUT2D eigenvalue weighted by molar-refractivity contribution is 6.32. The number of pyridine rings is 1. The lowest BCUT2D eigenvalue weighted by atomic mass is 9.82. The van der Waals surface area contributed by atoms with Crippen LogP contribution in [-0.2, 0) is 6.54 Å². The van der Waals surface area contributed by atoms with Gasteiger partial charge in [0.2, 0.25) is 0 Å². The zero-order chi connectivity index (χ0) is 24.6. The molecule has 1 fully saturated rings. The number of carbonyl (C=O) groups is 1. The van der Waals surface area contributed by atoms with Crippen molar-refractivity contribution in [2.45, 2.75) is 65.1 Å². The molecule has 2 heterocycles. The van der Waals surface area contributed by atoms with E-state index >= 15 is 0 Å². The number of fused-ring (bicyclic) bond motifs is 1. The number of nitrogens with zero attached hydrogens (tertiary/aromatic N) is 1. The SMILES string of the molecule is Cc1cc(C)c(CNC(=O)c2cc(Cl)c3c(c2C)O[C@H](C2CCC(N(C)C)CC2)CO3)c(=O)[nH]1. The number of H-pyrrole nitrogens is 1. The molecule has 1 amide bonds. The molecule has 2 aliphatic rings. The van der Waals surface area contributed by atoms with Crippen LogP contribution < -0.4 is 20.3 Å². The number of hydrogen-bond acceptors (Lipinski definition) is 5. The Morgan fingerprint density at radius 3 is 2.50 bits per heavy atom. The number of rotatable bonds is 5. The summed E-state index contributed by atoms with van der Waals surface area (Å²) in [6.07, 6.45) is 4.40. The topological polar surface area (TPSA) is 83.7 Å². The number of aryl methyl sites for hydroxylation is 2. The largest absolute Gasteiger partial charge is 0.484 e. The number of benzene rings is 1. The molecule has 1 aliphatic heterocycles. The van der Waals surface area contributed by atoms with Crippen LogP contribution in [0.2, 0.25) is 5.02 Å². The van der Waals surface area contributed by atoms with Crippen LogP contribution in [0.15, 0.2) is 16.9 Å². The molecular formula is C26H34ClN3O4. The maximum Gasteiger partial charge on any atom is 0.253 e. The molecule has 1 aromatic carbocycles. The Morgan fingerprint density at radius 1 is 1.15 bits per heavy atom. The normalized spacial score (nSPS) is 22.0. The van der Waals surface area contributed by atoms with Crippen LogP contribution in [0, 0.1) is 26.7 Å². The predicted molar refractivity (Wildman–Crippen MR) is 133 cm³/mol. The van der Waals surface area contributed by atoms with E-state index in [9.17, 15) is 9.59 Å². The lowest BCUT2D eigenvalue weighted by Gasteiger charge is -2.38. The maximum absolute atomic E-state index is 13.1. The van der Waals surface area contributed by atoms with Crippen molar-refractivity contribution in [3.8, 4) is 11.5 Å². The van der Waals surface area contributed by atoms with E-state index in [0.29, 0.717) is 51.8 Å². The monoisotopic (exact) mass is 487 g/mol. The summed E-state index contributed by atoms with van der Waals surface area (Å²) in [5.74, 6) is 1.16. The van der Waals surface area contributed by atoms with Crippen molar-refractivity contribution in [1.29, 1.82) is 0 Å². The van der Waals surface area contributed by atoms with Gasteiger partial charge in [-0.1, -0.05) is 11.6 Å². The van der Waals surface area contributed by atoms with E-state index in [4.69, 9.17) is 21.1 Å². The van der Waals surface area contributed by atoms with Gasteiger partial charge in [-0.2, -0.15) is 0 Å². The molecule has 7 nitrogen and oxygen atoms in total. The van der Waals surface area contributed by atoms with Gasteiger partial charge in [-0.05, 0) is 84.2 Å². The van der Waals surface area contributed by atoms with E-state index in [1.165, 1.54) is 0 Å². The summed E-state index contributed by atoms with van der Waals surface area (Å²) in [5, 5.41) is 3.21. The van der Waals surface area contributed by atoms with Crippen molar-refractivity contribution in [2.75, 3.05) is 20.7 Å². The van der Waals surface area contributed by atoms with E-state index in [1.807, 2.05) is 26.8 Å². The smallest absolute Gasteiger partial charge is 0.253 e. The van der Waals surface area contributed by atoms with Crippen molar-refractivity contribution in [3.63, 3.8) is 0 Å². The summed E-state index contributed by atoms with van der Waals surface area (Å²) in [6, 6.07) is 4.12. The molecule has 0 unspecified atom stereocenters. The summed E-state index contributed by atoms with van der Waals surface area (Å²) in [7, 11) is 4.27. The lowest BCUT2D eigenvalue weighted by Crippen LogP contribution is -2.41. The van der Waals surface area contributed by atoms with E-state index in [0.717, 1.165) is 36.9 Å². The van der Waals surface area contributed by atoms with Crippen LogP contribution in [0.3, 0.4) is 0 Å². The third-order valence-electron chi connectivity index (χ3n) is 7.26. The van der Waals surface area contributed by atoms with E-state index in [-0.39, 0.29) is 24.1 Å². The molecule has 0 spiro atoms. The molecule has 1 atom stereocenters. The Morgan fingerprint density at radius 2 is 1.85 bits per heavy atom. The Kier molecular flexibility index (Phi) is 7.24. The van der Waals surface area contributed by atoms with E-state index in [1.54, 1.807) is 6.07 Å². The van der Waals surface area contributed by atoms with E-state index in [2.05, 4.69) is 29.3 Å². The van der Waals surface area contributed by atoms with Crippen LogP contribution in [0.4, 0.5) is 0 Å². The highest BCUT2D eigenvalue weighted by Gasteiger charge is 2.35. The number of nitrogens with one attached hydrogen (secondary N) is 2. The molecule has 1 aliphatic carbocycles. The van der Waals surface area contributed by atoms with Gasteiger partial charge in [0.15, 0.2) is 11.5 Å². The Balaban J connectivity index is 1.50. The van der Waals surface area contributed by atoms with Gasteiger partial charge in [0.05, 0.1) is 5.02 Å². The molecule has 0 saturated heterocycles. The van der Waals surface area contributed by atoms with Crippen molar-refractivity contribution in [3.05, 3.63) is 55.5 Å². The first-order chi connectivity index (χ1) is 16.2. The van der Waals surface area contributed by atoms with Crippen molar-refractivity contribution >= 4 is 17.5 Å². The molecule has 2 N–H and O–H groups in total. The standard InChI is InChI=1S/C26H34ClN3O4/c1-14-10-15(2)29-26(32)20(14)12-28-25(31)19-11-21(27)24-23(16(19)3)34-22(13-33-24)17-6-8-18(9-7-17)30(4)5/h10-11,17-18,22H,6-9,12-13H2,1-5H3,(H,28,31)(H,29,32)/t17?,18?,22-/m0/s1. The molecular weight excluding hydrogens is 454 g/mol. The Hall–Kier alpha value is -2.51. The third kappa shape index (κ3) is 4.96. The minimum atomic E-state index is -0.307. The van der Waals surface area contributed by atoms with Gasteiger partial charge in [-0.25, -0.2) is 0 Å². The first-order valence-corrected chi connectivity index (χ1v) is 12.3. The van der Waals surface area contributed by atoms with Crippen LogP contribution in [0.5, 0.6) is 11.5 Å². The average molecular weight is 488 g/mol. The van der Waals surface area contributed by atoms with Gasteiger partial charge in [0.25, 0.3) is 11.5 Å². The molecule has 1 aromatic heterocycles. The Labute approximate surface area is 205 Å². The fourth-order valence-electron chi connectivity index (χ4n) is 5.15. The first-order valence-electron chi connectivity index (χ1n) is 11.9. The number of hydrogen-bond donors (Lipinski definition) is 2. The number of ether oxygens (including phenoxy) is 2. The minimum Gasteiger partial charge on any atom is -0.484 e. The van der Waals surface area contributed by atoms with Crippen LogP contribution >= 0.6 is 11.6 Å². The Bertz CT molecular complexity index is 1140. The minimum absolute atomic E-state index is 0.0579. The van der Waals surface area contributed by atoms with Crippen molar-refractivity contribution in [2.24, 2.45) is 5.92 Å². The van der Waals surface area contributed by atoms with Gasteiger partial charge in [-0.15, -0.1) is 0 Å². The second-order valence-electron chi connectivity index (χ2n) is 9.81. The second kappa shape index (κ2) is 10.0. The molecule has 1 saturated carbocycles. The maximum atomic E-state index is 13.1. The van der Waals surface area contributed by atoms with E-state index < -0.39 is 0 Å². The summed E-state index contributed by atoms with van der Waals surface area (Å²) >= 11 is 6.49. The van der Waals surface area contributed by atoms with Gasteiger partial charge in [-0.3, -0.25) is 9.59 Å². The fourth-order valence-corrected chi connectivity index (χ4v) is 5.40. The van der Waals surface area contributed by atoms with Gasteiger partial charge < -0.3 is 24.7 Å². The van der Waals surface area contributed by atoms with Crippen LogP contribution in [-0.4, -0.2) is 48.6 Å². The van der Waals surface area contributed by atoms with Crippen molar-refractivity contribution < 1.29 is 14.3 Å². The summed E-state index contributed by atoms with van der Waals surface area (Å²) in [4.78, 5) is 30.4. The predicted octanol–water partition coefficient (Wildman–Crippen LogP) is 4.14. The molecule has 184 valence electrons. The number of carbonyl (C=O) groups excluding carboxylic acids is 1. The fraction of sp³-hybridized carbons (Fsp3) is 0.538. The quantitative estimate of drug-likeness (QED) is 0.662. The highest BCUT2D eigenvalue weighted by atomic mass is 35.5. The second-order valence-corrected chi connectivity index (χ2v) is 10.2. The number of amides is 1. The molecule has 2 aromatic rings.